The number of hydrogen-bond acceptors (Lipinski definition) is 4. The van der Waals surface area contributed by atoms with Crippen LogP contribution in [0.2, 0.25) is 0 Å². The van der Waals surface area contributed by atoms with Gasteiger partial charge in [0.1, 0.15) is 4.21 Å². The molecule has 0 unspecified atom stereocenters. The quantitative estimate of drug-likeness (QED) is 0.894. The van der Waals surface area contributed by atoms with E-state index in [0.29, 0.717) is 9.90 Å². The lowest BCUT2D eigenvalue weighted by atomic mass is 10.2. The molecule has 5 heteroatoms. The fourth-order valence-electron chi connectivity index (χ4n) is 1.31. The molecule has 0 aliphatic rings. The second-order valence-corrected chi connectivity index (χ2v) is 6.77. The summed E-state index contributed by atoms with van der Waals surface area (Å²) in [6, 6.07) is 9.93. The van der Waals surface area contributed by atoms with Crippen molar-refractivity contribution >= 4 is 26.2 Å². The average molecular weight is 253 g/mol. The van der Waals surface area contributed by atoms with E-state index in [1.165, 1.54) is 6.07 Å². The highest BCUT2D eigenvalue weighted by molar-refractivity contribution is 7.93. The number of hydrogen-bond donors (Lipinski definition) is 1. The first-order valence-corrected chi connectivity index (χ1v) is 6.97. The molecule has 0 fully saturated rings. The molecule has 84 valence electrons. The molecule has 2 N–H and O–H groups in total. The summed E-state index contributed by atoms with van der Waals surface area (Å²) in [5.41, 5.74) is 6.56. The molecule has 0 aliphatic carbocycles. The molecule has 16 heavy (non-hydrogen) atoms. The molecule has 0 radical (unpaired) electrons. The SMILES string of the molecule is Cc1ccc(S(=O)(=O)c2ccc(N)s2)cc1. The van der Waals surface area contributed by atoms with Crippen LogP contribution in [0.5, 0.6) is 0 Å². The number of rotatable bonds is 2. The second-order valence-electron chi connectivity index (χ2n) is 3.47. The van der Waals surface area contributed by atoms with Crippen molar-refractivity contribution in [3.63, 3.8) is 0 Å². The number of anilines is 1. The van der Waals surface area contributed by atoms with Gasteiger partial charge in [0.15, 0.2) is 0 Å². The highest BCUT2D eigenvalue weighted by Crippen LogP contribution is 2.28. The minimum absolute atomic E-state index is 0.286. The molecule has 1 aromatic carbocycles. The Balaban J connectivity index is 2.51. The minimum atomic E-state index is -3.40. The smallest absolute Gasteiger partial charge is 0.216 e. The summed E-state index contributed by atoms with van der Waals surface area (Å²) in [7, 11) is -3.40. The maximum atomic E-state index is 12.1. The third-order valence-corrected chi connectivity index (χ3v) is 5.37. The largest absolute Gasteiger partial charge is 0.391 e. The van der Waals surface area contributed by atoms with Crippen molar-refractivity contribution in [3.05, 3.63) is 42.0 Å². The van der Waals surface area contributed by atoms with E-state index in [9.17, 15) is 8.42 Å². The fraction of sp³-hybridized carbons (Fsp3) is 0.0909. The molecule has 1 heterocycles. The first-order chi connectivity index (χ1) is 7.50. The summed E-state index contributed by atoms with van der Waals surface area (Å²) >= 11 is 1.08. The molecule has 0 spiro atoms. The monoisotopic (exact) mass is 253 g/mol. The van der Waals surface area contributed by atoms with Gasteiger partial charge in [0, 0.05) is 0 Å². The number of thiophene rings is 1. The average Bonchev–Trinajstić information content (AvgIpc) is 2.66. The Morgan fingerprint density at radius 3 is 2.19 bits per heavy atom. The standard InChI is InChI=1S/C11H11NO2S2/c1-8-2-4-9(5-3-8)16(13,14)11-7-6-10(12)15-11/h2-7H,12H2,1H3. The van der Waals surface area contributed by atoms with Crippen LogP contribution in [0, 0.1) is 6.92 Å². The molecule has 2 aromatic rings. The zero-order chi connectivity index (χ0) is 11.8. The van der Waals surface area contributed by atoms with Gasteiger partial charge in [0.2, 0.25) is 9.84 Å². The molecule has 0 saturated carbocycles. The summed E-state index contributed by atoms with van der Waals surface area (Å²) in [5.74, 6) is 0. The molecule has 0 amide bonds. The van der Waals surface area contributed by atoms with Gasteiger partial charge in [-0.15, -0.1) is 11.3 Å². The minimum Gasteiger partial charge on any atom is -0.391 e. The Hall–Kier alpha value is -1.33. The molecule has 0 atom stereocenters. The van der Waals surface area contributed by atoms with Gasteiger partial charge < -0.3 is 5.73 Å². The van der Waals surface area contributed by atoms with E-state index < -0.39 is 9.84 Å². The third-order valence-electron chi connectivity index (χ3n) is 2.20. The van der Waals surface area contributed by atoms with Crippen molar-refractivity contribution in [2.24, 2.45) is 0 Å². The molecule has 2 rings (SSSR count). The Labute approximate surface area is 98.5 Å². The number of sulfone groups is 1. The Bertz CT molecular complexity index is 597. The topological polar surface area (TPSA) is 60.2 Å². The van der Waals surface area contributed by atoms with Crippen molar-refractivity contribution in [3.8, 4) is 0 Å². The second kappa shape index (κ2) is 3.92. The summed E-state index contributed by atoms with van der Waals surface area (Å²) in [6.07, 6.45) is 0. The number of aryl methyl sites for hydroxylation is 1. The van der Waals surface area contributed by atoms with Crippen LogP contribution in [0.1, 0.15) is 5.56 Å². The van der Waals surface area contributed by atoms with Crippen LogP contribution in [0.15, 0.2) is 45.5 Å². The first-order valence-electron chi connectivity index (χ1n) is 4.67. The molecular formula is C11H11NO2S2. The van der Waals surface area contributed by atoms with Gasteiger partial charge in [0.25, 0.3) is 0 Å². The van der Waals surface area contributed by atoms with Crippen molar-refractivity contribution < 1.29 is 8.42 Å². The van der Waals surface area contributed by atoms with E-state index in [1.807, 2.05) is 6.92 Å². The number of benzene rings is 1. The molecule has 0 saturated heterocycles. The highest BCUT2D eigenvalue weighted by Gasteiger charge is 2.19. The maximum absolute atomic E-state index is 12.1. The summed E-state index contributed by atoms with van der Waals surface area (Å²) in [6.45, 7) is 1.92. The predicted octanol–water partition coefficient (Wildman–Crippen LogP) is 2.47. The first kappa shape index (κ1) is 11.2. The lowest BCUT2D eigenvalue weighted by molar-refractivity contribution is 0.598. The van der Waals surface area contributed by atoms with Gasteiger partial charge in [-0.2, -0.15) is 0 Å². The predicted molar refractivity (Wildman–Crippen MR) is 65.4 cm³/mol. The van der Waals surface area contributed by atoms with E-state index in [4.69, 9.17) is 5.73 Å². The molecule has 1 aromatic heterocycles. The number of nitrogen functional groups attached to an aromatic ring is 1. The van der Waals surface area contributed by atoms with Crippen LogP contribution in [0.3, 0.4) is 0 Å². The van der Waals surface area contributed by atoms with Gasteiger partial charge in [0.05, 0.1) is 9.90 Å². The van der Waals surface area contributed by atoms with E-state index in [2.05, 4.69) is 0 Å². The van der Waals surface area contributed by atoms with Crippen molar-refractivity contribution in [2.75, 3.05) is 5.73 Å². The van der Waals surface area contributed by atoms with E-state index in [1.54, 1.807) is 30.3 Å². The van der Waals surface area contributed by atoms with E-state index in [-0.39, 0.29) is 4.21 Å². The van der Waals surface area contributed by atoms with E-state index >= 15 is 0 Å². The fourth-order valence-corrected chi connectivity index (χ4v) is 3.81. The highest BCUT2D eigenvalue weighted by atomic mass is 32.2. The van der Waals surface area contributed by atoms with E-state index in [0.717, 1.165) is 16.9 Å². The Morgan fingerprint density at radius 2 is 1.69 bits per heavy atom. The van der Waals surface area contributed by atoms with Crippen LogP contribution in [0.25, 0.3) is 0 Å². The molecule has 3 nitrogen and oxygen atoms in total. The number of nitrogens with two attached hydrogens (primary N) is 1. The Morgan fingerprint density at radius 1 is 1.06 bits per heavy atom. The van der Waals surface area contributed by atoms with Crippen molar-refractivity contribution in [1.29, 1.82) is 0 Å². The molecule has 0 bridgehead atoms. The summed E-state index contributed by atoms with van der Waals surface area (Å²) < 4.78 is 24.5. The van der Waals surface area contributed by atoms with Crippen LogP contribution < -0.4 is 5.73 Å². The zero-order valence-electron chi connectivity index (χ0n) is 8.67. The third kappa shape index (κ3) is 1.96. The van der Waals surface area contributed by atoms with Gasteiger partial charge in [-0.1, -0.05) is 17.7 Å². The van der Waals surface area contributed by atoms with Crippen LogP contribution >= 0.6 is 11.3 Å². The Kier molecular flexibility index (Phi) is 2.73. The normalized spacial score (nSPS) is 11.6. The van der Waals surface area contributed by atoms with Crippen molar-refractivity contribution in [1.82, 2.24) is 0 Å². The van der Waals surface area contributed by atoms with Gasteiger partial charge in [-0.25, -0.2) is 8.42 Å². The summed E-state index contributed by atoms with van der Waals surface area (Å²) in [5, 5.41) is 0.505. The van der Waals surface area contributed by atoms with Crippen LogP contribution in [-0.4, -0.2) is 8.42 Å². The molecular weight excluding hydrogens is 242 g/mol. The van der Waals surface area contributed by atoms with Gasteiger partial charge in [-0.05, 0) is 31.2 Å². The van der Waals surface area contributed by atoms with Crippen molar-refractivity contribution in [2.45, 2.75) is 16.0 Å². The van der Waals surface area contributed by atoms with Crippen LogP contribution in [0.4, 0.5) is 5.00 Å². The van der Waals surface area contributed by atoms with Gasteiger partial charge >= 0.3 is 0 Å². The lowest BCUT2D eigenvalue weighted by Crippen LogP contribution is -1.99. The summed E-state index contributed by atoms with van der Waals surface area (Å²) in [4.78, 5) is 0.306. The van der Waals surface area contributed by atoms with Crippen LogP contribution in [-0.2, 0) is 9.84 Å². The van der Waals surface area contributed by atoms with Gasteiger partial charge in [-0.3, -0.25) is 0 Å². The molecule has 0 aliphatic heterocycles. The lowest BCUT2D eigenvalue weighted by Gasteiger charge is -2.01. The maximum Gasteiger partial charge on any atom is 0.216 e. The zero-order valence-corrected chi connectivity index (χ0v) is 10.3.